The largest absolute Gasteiger partial charge is 0.491 e. The van der Waals surface area contributed by atoms with E-state index in [4.69, 9.17) is 0 Å². The van der Waals surface area contributed by atoms with Crippen molar-refractivity contribution < 1.29 is 31.1 Å². The molecular formula is C18H15F3N4O4S. The van der Waals surface area contributed by atoms with Gasteiger partial charge in [-0.15, -0.1) is 0 Å². The lowest BCUT2D eigenvalue weighted by atomic mass is 10.1. The zero-order valence-corrected chi connectivity index (χ0v) is 16.7. The molecule has 0 aromatic carbocycles. The molecule has 0 saturated carbocycles. The molecule has 0 atom stereocenters. The van der Waals surface area contributed by atoms with E-state index in [9.17, 15) is 26.4 Å². The predicted molar refractivity (Wildman–Crippen MR) is 99.3 cm³/mol. The number of alkyl halides is 3. The quantitative estimate of drug-likeness (QED) is 0.620. The maximum absolute atomic E-state index is 12.6. The van der Waals surface area contributed by atoms with Crippen molar-refractivity contribution in [1.29, 1.82) is 0 Å². The number of nitrogens with zero attached hydrogens (tertiary/aromatic N) is 3. The van der Waals surface area contributed by atoms with Crippen molar-refractivity contribution in [3.8, 4) is 28.5 Å². The molecule has 1 N–H and O–H groups in total. The van der Waals surface area contributed by atoms with Crippen molar-refractivity contribution in [3.05, 3.63) is 42.0 Å². The Balaban J connectivity index is 2.15. The van der Waals surface area contributed by atoms with E-state index < -0.39 is 27.9 Å². The van der Waals surface area contributed by atoms with Gasteiger partial charge in [-0.1, -0.05) is 0 Å². The number of rotatable bonds is 4. The van der Waals surface area contributed by atoms with Gasteiger partial charge in [-0.05, 0) is 37.6 Å². The zero-order chi connectivity index (χ0) is 22.3. The number of halogens is 3. The van der Waals surface area contributed by atoms with Crippen LogP contribution in [-0.4, -0.2) is 46.8 Å². The van der Waals surface area contributed by atoms with Crippen LogP contribution in [0.2, 0.25) is 0 Å². The van der Waals surface area contributed by atoms with Gasteiger partial charge in [-0.25, -0.2) is 23.2 Å². The molecule has 0 amide bonds. The fourth-order valence-electron chi connectivity index (χ4n) is 2.47. The molecule has 0 unspecified atom stereocenters. The van der Waals surface area contributed by atoms with Crippen LogP contribution < -0.4 is 4.74 Å². The second kappa shape index (κ2) is 7.52. The van der Waals surface area contributed by atoms with Crippen molar-refractivity contribution >= 4 is 15.8 Å². The highest BCUT2D eigenvalue weighted by molar-refractivity contribution is 7.90. The summed E-state index contributed by atoms with van der Waals surface area (Å²) in [7, 11) is -3.73. The van der Waals surface area contributed by atoms with Gasteiger partial charge >= 0.3 is 12.1 Å². The van der Waals surface area contributed by atoms with Crippen molar-refractivity contribution in [2.75, 3.05) is 6.26 Å². The van der Waals surface area contributed by atoms with Crippen molar-refractivity contribution in [2.45, 2.75) is 24.9 Å². The van der Waals surface area contributed by atoms with Crippen LogP contribution in [0.1, 0.15) is 11.4 Å². The van der Waals surface area contributed by atoms with E-state index in [-0.39, 0.29) is 16.0 Å². The third-order valence-corrected chi connectivity index (χ3v) is 5.20. The van der Waals surface area contributed by atoms with Crippen LogP contribution in [0, 0.1) is 13.8 Å². The second-order valence-corrected chi connectivity index (χ2v) is 8.42. The number of sulfone groups is 1. The molecule has 12 heteroatoms. The van der Waals surface area contributed by atoms with Crippen molar-refractivity contribution in [2.24, 2.45) is 0 Å². The lowest BCUT2D eigenvalue weighted by Gasteiger charge is -2.12. The number of imidazole rings is 1. The molecular weight excluding hydrogens is 425 g/mol. The third-order valence-electron chi connectivity index (χ3n) is 4.12. The standard InChI is InChI=1S/C18H15F3N4O4S/c1-9-10(2)25-15(24-9)14-6-11(4-5-22-14)13-7-12(30(3,27)28)8-23-16(13)29-17(26)18(19,20)21/h4-8H,1-3H3,(H,24,25). The van der Waals surface area contributed by atoms with Gasteiger partial charge < -0.3 is 9.72 Å². The summed E-state index contributed by atoms with van der Waals surface area (Å²) >= 11 is 0. The molecule has 0 fully saturated rings. The zero-order valence-electron chi connectivity index (χ0n) is 15.9. The summed E-state index contributed by atoms with van der Waals surface area (Å²) < 4.78 is 66.1. The molecule has 0 aliphatic heterocycles. The highest BCUT2D eigenvalue weighted by Gasteiger charge is 2.42. The summed E-state index contributed by atoms with van der Waals surface area (Å²) in [5.74, 6) is -2.75. The lowest BCUT2D eigenvalue weighted by Crippen LogP contribution is -2.28. The van der Waals surface area contributed by atoms with E-state index in [1.54, 1.807) is 6.92 Å². The predicted octanol–water partition coefficient (Wildman–Crippen LogP) is 3.02. The number of hydrogen-bond acceptors (Lipinski definition) is 7. The van der Waals surface area contributed by atoms with E-state index in [1.807, 2.05) is 6.92 Å². The van der Waals surface area contributed by atoms with E-state index in [0.29, 0.717) is 11.5 Å². The maximum atomic E-state index is 12.6. The van der Waals surface area contributed by atoms with Crippen LogP contribution in [0.4, 0.5) is 13.2 Å². The Hall–Kier alpha value is -3.28. The lowest BCUT2D eigenvalue weighted by molar-refractivity contribution is -0.189. The number of aromatic nitrogens is 4. The van der Waals surface area contributed by atoms with Gasteiger partial charge in [-0.3, -0.25) is 4.98 Å². The fraction of sp³-hybridized carbons (Fsp3) is 0.222. The summed E-state index contributed by atoms with van der Waals surface area (Å²) in [6, 6.07) is 3.96. The highest BCUT2D eigenvalue weighted by Crippen LogP contribution is 2.33. The number of nitrogens with one attached hydrogen (secondary N) is 1. The number of carbonyl (C=O) groups is 1. The summed E-state index contributed by atoms with van der Waals surface area (Å²) in [5.41, 5.74) is 1.99. The molecule has 0 aliphatic rings. The number of H-pyrrole nitrogens is 1. The Morgan fingerprint density at radius 3 is 2.43 bits per heavy atom. The first-order valence-corrected chi connectivity index (χ1v) is 10.2. The van der Waals surface area contributed by atoms with Gasteiger partial charge in [0.1, 0.15) is 5.69 Å². The Morgan fingerprint density at radius 2 is 1.87 bits per heavy atom. The van der Waals surface area contributed by atoms with Gasteiger partial charge in [0, 0.05) is 29.9 Å². The SMILES string of the molecule is Cc1nc(-c2cc(-c3cc(S(C)(=O)=O)cnc3OC(=O)C(F)(F)F)ccn2)[nH]c1C. The molecule has 3 heterocycles. The molecule has 3 aromatic heterocycles. The van der Waals surface area contributed by atoms with Crippen LogP contribution in [0.15, 0.2) is 35.5 Å². The summed E-state index contributed by atoms with van der Waals surface area (Å²) in [6.45, 7) is 3.59. The molecule has 158 valence electrons. The van der Waals surface area contributed by atoms with Gasteiger partial charge in [0.05, 0.1) is 10.6 Å². The number of ether oxygens (including phenoxy) is 1. The highest BCUT2D eigenvalue weighted by atomic mass is 32.2. The average molecular weight is 440 g/mol. The Kier molecular flexibility index (Phi) is 5.37. The summed E-state index contributed by atoms with van der Waals surface area (Å²) in [5, 5.41) is 0. The minimum atomic E-state index is -5.25. The smallest absolute Gasteiger partial charge is 0.400 e. The molecule has 0 spiro atoms. The molecule has 3 aromatic rings. The number of aryl methyl sites for hydroxylation is 2. The number of hydrogen-bond donors (Lipinski definition) is 1. The van der Waals surface area contributed by atoms with Crippen LogP contribution in [0.3, 0.4) is 0 Å². The first-order valence-electron chi connectivity index (χ1n) is 8.35. The molecule has 0 bridgehead atoms. The normalized spacial score (nSPS) is 12.1. The molecule has 0 radical (unpaired) electrons. The second-order valence-electron chi connectivity index (χ2n) is 6.41. The Labute approximate surface area is 169 Å². The van der Waals surface area contributed by atoms with Gasteiger partial charge in [0.2, 0.25) is 5.88 Å². The van der Waals surface area contributed by atoms with Crippen molar-refractivity contribution in [1.82, 2.24) is 19.9 Å². The maximum Gasteiger partial charge on any atom is 0.491 e. The van der Waals surface area contributed by atoms with E-state index >= 15 is 0 Å². The van der Waals surface area contributed by atoms with Crippen LogP contribution in [-0.2, 0) is 14.6 Å². The molecule has 0 aliphatic carbocycles. The number of pyridine rings is 2. The van der Waals surface area contributed by atoms with Gasteiger partial charge in [0.25, 0.3) is 0 Å². The molecule has 0 saturated heterocycles. The average Bonchev–Trinajstić information content (AvgIpc) is 2.99. The van der Waals surface area contributed by atoms with Crippen LogP contribution in [0.25, 0.3) is 22.6 Å². The summed E-state index contributed by atoms with van der Waals surface area (Å²) in [6.07, 6.45) is -2.15. The van der Waals surface area contributed by atoms with E-state index in [2.05, 4.69) is 24.7 Å². The molecule has 8 nitrogen and oxygen atoms in total. The first-order chi connectivity index (χ1) is 13.9. The van der Waals surface area contributed by atoms with Gasteiger partial charge in [0.15, 0.2) is 15.7 Å². The topological polar surface area (TPSA) is 115 Å². The number of aromatic amines is 1. The minimum Gasteiger partial charge on any atom is -0.400 e. The summed E-state index contributed by atoms with van der Waals surface area (Å²) in [4.78, 5) is 26.2. The molecule has 3 rings (SSSR count). The van der Waals surface area contributed by atoms with Crippen LogP contribution >= 0.6 is 0 Å². The number of carbonyl (C=O) groups excluding carboxylic acids is 1. The first kappa shape index (κ1) is 21.4. The minimum absolute atomic E-state index is 0.126. The molecule has 30 heavy (non-hydrogen) atoms. The number of esters is 1. The monoisotopic (exact) mass is 440 g/mol. The fourth-order valence-corrected chi connectivity index (χ4v) is 3.04. The Bertz CT molecular complexity index is 1220. The third kappa shape index (κ3) is 4.48. The van der Waals surface area contributed by atoms with Gasteiger partial charge in [-0.2, -0.15) is 13.2 Å². The van der Waals surface area contributed by atoms with E-state index in [0.717, 1.165) is 29.9 Å². The van der Waals surface area contributed by atoms with E-state index in [1.165, 1.54) is 18.3 Å². The Morgan fingerprint density at radius 1 is 1.17 bits per heavy atom. The van der Waals surface area contributed by atoms with Crippen molar-refractivity contribution in [3.63, 3.8) is 0 Å². The van der Waals surface area contributed by atoms with Crippen LogP contribution in [0.5, 0.6) is 5.88 Å².